The highest BCUT2D eigenvalue weighted by Crippen LogP contribution is 2.29. The monoisotopic (exact) mass is 616 g/mol. The largest absolute Gasteiger partial charge is 0.342 e. The zero-order valence-corrected chi connectivity index (χ0v) is 28.6. The van der Waals surface area contributed by atoms with Gasteiger partial charge in [0.25, 0.3) is 0 Å². The Morgan fingerprint density at radius 3 is 2.02 bits per heavy atom. The van der Waals surface area contributed by atoms with Crippen molar-refractivity contribution in [3.63, 3.8) is 0 Å². The Bertz CT molecular complexity index is 1020. The molecule has 0 radical (unpaired) electrons. The van der Waals surface area contributed by atoms with Crippen LogP contribution in [0.3, 0.4) is 0 Å². The van der Waals surface area contributed by atoms with Gasteiger partial charge in [0.05, 0.1) is 12.1 Å². The molecule has 0 aliphatic carbocycles. The molecule has 4 amide bonds. The van der Waals surface area contributed by atoms with Gasteiger partial charge in [-0.25, -0.2) is 0 Å². The fraction of sp³-hybridized carbons (Fsp3) is 0.882. The third-order valence-electron chi connectivity index (χ3n) is 10.6. The van der Waals surface area contributed by atoms with Gasteiger partial charge in [-0.1, -0.05) is 41.0 Å². The molecule has 4 rings (SSSR count). The summed E-state index contributed by atoms with van der Waals surface area (Å²) in [7, 11) is 3.84. The zero-order valence-electron chi connectivity index (χ0n) is 28.6. The van der Waals surface area contributed by atoms with E-state index < -0.39 is 11.5 Å². The zero-order chi connectivity index (χ0) is 32.2. The number of likely N-dealkylation sites (N-methyl/N-ethyl adjacent to an activating group) is 2. The topological polar surface area (TPSA) is 96.5 Å². The van der Waals surface area contributed by atoms with Crippen LogP contribution >= 0.6 is 0 Å². The normalized spacial score (nSPS) is 27.0. The first-order chi connectivity index (χ1) is 20.8. The Morgan fingerprint density at radius 2 is 1.39 bits per heavy atom. The van der Waals surface area contributed by atoms with E-state index in [0.29, 0.717) is 13.1 Å². The predicted octanol–water partition coefficient (Wildman–Crippen LogP) is 2.95. The van der Waals surface area contributed by atoms with Gasteiger partial charge in [0.2, 0.25) is 23.6 Å². The number of nitrogens with one attached hydrogen (secondary N) is 1. The average Bonchev–Trinajstić information content (AvgIpc) is 3.67. The van der Waals surface area contributed by atoms with Gasteiger partial charge in [0, 0.05) is 39.3 Å². The molecule has 0 aromatic rings. The first-order valence-corrected chi connectivity index (χ1v) is 17.4. The SMILES string of the molecule is CC(C)[C@@H](CN1CCC[C@H]1C(=O)N1CCC[C@H]1C(=O)N1CCCCC1)N(C)C(=O)[C@@H](NC(=O)C1CCCCN1C)C(C)(C)C. The summed E-state index contributed by atoms with van der Waals surface area (Å²) in [4.78, 5) is 65.0. The lowest BCUT2D eigenvalue weighted by atomic mass is 9.84. The Kier molecular flexibility index (Phi) is 11.8. The van der Waals surface area contributed by atoms with Gasteiger partial charge >= 0.3 is 0 Å². The molecular formula is C34H60N6O4. The fourth-order valence-electron chi connectivity index (χ4n) is 7.81. The van der Waals surface area contributed by atoms with Crippen molar-refractivity contribution < 1.29 is 19.2 Å². The van der Waals surface area contributed by atoms with E-state index in [9.17, 15) is 19.2 Å². The maximum atomic E-state index is 14.2. The van der Waals surface area contributed by atoms with E-state index in [2.05, 4.69) is 29.0 Å². The van der Waals surface area contributed by atoms with Crippen LogP contribution in [-0.2, 0) is 19.2 Å². The van der Waals surface area contributed by atoms with E-state index in [0.717, 1.165) is 84.0 Å². The van der Waals surface area contributed by atoms with Crippen molar-refractivity contribution in [1.82, 2.24) is 29.8 Å². The van der Waals surface area contributed by atoms with Crippen LogP contribution in [0.2, 0.25) is 0 Å². The minimum atomic E-state index is -0.654. The number of rotatable bonds is 9. The van der Waals surface area contributed by atoms with E-state index in [1.807, 2.05) is 49.6 Å². The van der Waals surface area contributed by atoms with Gasteiger partial charge in [-0.05, 0) is 89.3 Å². The van der Waals surface area contributed by atoms with Crippen molar-refractivity contribution in [1.29, 1.82) is 0 Å². The molecule has 1 N–H and O–H groups in total. The first kappa shape index (κ1) is 34.7. The summed E-state index contributed by atoms with van der Waals surface area (Å²) in [6, 6.07) is -1.60. The van der Waals surface area contributed by atoms with Crippen LogP contribution in [0.5, 0.6) is 0 Å². The molecule has 5 atom stereocenters. The highest BCUT2D eigenvalue weighted by Gasteiger charge is 2.44. The summed E-state index contributed by atoms with van der Waals surface area (Å²) in [5.41, 5.74) is -0.465. The molecule has 0 aromatic heterocycles. The third kappa shape index (κ3) is 7.95. The van der Waals surface area contributed by atoms with E-state index in [1.165, 1.54) is 6.42 Å². The average molecular weight is 617 g/mol. The van der Waals surface area contributed by atoms with Gasteiger partial charge in [0.15, 0.2) is 0 Å². The van der Waals surface area contributed by atoms with Gasteiger partial charge in [0.1, 0.15) is 12.1 Å². The molecule has 4 aliphatic rings. The lowest BCUT2D eigenvalue weighted by Gasteiger charge is -2.41. The summed E-state index contributed by atoms with van der Waals surface area (Å²) < 4.78 is 0. The highest BCUT2D eigenvalue weighted by molar-refractivity contribution is 5.91. The smallest absolute Gasteiger partial charge is 0.245 e. The molecule has 4 fully saturated rings. The summed E-state index contributed by atoms with van der Waals surface area (Å²) in [6.07, 6.45) is 9.49. The molecule has 4 aliphatic heterocycles. The van der Waals surface area contributed by atoms with E-state index in [4.69, 9.17) is 0 Å². The molecule has 4 heterocycles. The van der Waals surface area contributed by atoms with Crippen LogP contribution in [0.1, 0.15) is 98.8 Å². The van der Waals surface area contributed by atoms with Crippen molar-refractivity contribution in [3.8, 4) is 0 Å². The fourth-order valence-corrected chi connectivity index (χ4v) is 7.81. The van der Waals surface area contributed by atoms with E-state index >= 15 is 0 Å². The third-order valence-corrected chi connectivity index (χ3v) is 10.6. The Labute approximate surface area is 266 Å². The molecular weight excluding hydrogens is 556 g/mol. The lowest BCUT2D eigenvalue weighted by molar-refractivity contribution is -0.147. The van der Waals surface area contributed by atoms with Crippen LogP contribution in [0.25, 0.3) is 0 Å². The maximum Gasteiger partial charge on any atom is 0.245 e. The van der Waals surface area contributed by atoms with Gasteiger partial charge < -0.3 is 20.0 Å². The van der Waals surface area contributed by atoms with Crippen LogP contribution < -0.4 is 5.32 Å². The Morgan fingerprint density at radius 1 is 0.773 bits per heavy atom. The van der Waals surface area contributed by atoms with Crippen LogP contribution in [0, 0.1) is 11.3 Å². The van der Waals surface area contributed by atoms with Crippen molar-refractivity contribution in [2.24, 2.45) is 11.3 Å². The van der Waals surface area contributed by atoms with E-state index in [1.54, 1.807) is 0 Å². The number of amides is 4. The van der Waals surface area contributed by atoms with Gasteiger partial charge in [-0.15, -0.1) is 0 Å². The number of hydrogen-bond acceptors (Lipinski definition) is 6. The molecule has 0 bridgehead atoms. The van der Waals surface area contributed by atoms with Crippen LogP contribution in [-0.4, -0.2) is 132 Å². The van der Waals surface area contributed by atoms with Crippen molar-refractivity contribution in [3.05, 3.63) is 0 Å². The van der Waals surface area contributed by atoms with Gasteiger partial charge in [-0.3, -0.25) is 29.0 Å². The predicted molar refractivity (Wildman–Crippen MR) is 173 cm³/mol. The summed E-state index contributed by atoms with van der Waals surface area (Å²) in [5.74, 6) is 0.195. The molecule has 0 saturated carbocycles. The number of hydrogen-bond donors (Lipinski definition) is 1. The Balaban J connectivity index is 1.44. The molecule has 1 unspecified atom stereocenters. The maximum absolute atomic E-state index is 14.2. The number of carbonyl (C=O) groups excluding carboxylic acids is 4. The summed E-state index contributed by atoms with van der Waals surface area (Å²) in [5, 5.41) is 3.15. The molecule has 250 valence electrons. The molecule has 10 heteroatoms. The van der Waals surface area contributed by atoms with E-state index in [-0.39, 0.29) is 53.7 Å². The number of likely N-dealkylation sites (tertiary alicyclic amines) is 4. The van der Waals surface area contributed by atoms with Crippen LogP contribution in [0.15, 0.2) is 0 Å². The van der Waals surface area contributed by atoms with Crippen molar-refractivity contribution in [2.75, 3.05) is 53.4 Å². The number of piperidine rings is 2. The highest BCUT2D eigenvalue weighted by atomic mass is 16.2. The molecule has 4 saturated heterocycles. The molecule has 10 nitrogen and oxygen atoms in total. The number of carbonyl (C=O) groups is 4. The minimum absolute atomic E-state index is 0.0700. The van der Waals surface area contributed by atoms with Gasteiger partial charge in [-0.2, -0.15) is 0 Å². The lowest BCUT2D eigenvalue weighted by Crippen LogP contribution is -2.61. The molecule has 0 aromatic carbocycles. The van der Waals surface area contributed by atoms with Crippen molar-refractivity contribution >= 4 is 23.6 Å². The first-order valence-electron chi connectivity index (χ1n) is 17.4. The van der Waals surface area contributed by atoms with Crippen LogP contribution in [0.4, 0.5) is 0 Å². The Hall–Kier alpha value is -2.20. The summed E-state index contributed by atoms with van der Waals surface area (Å²) in [6.45, 7) is 14.8. The second kappa shape index (κ2) is 14.9. The quantitative estimate of drug-likeness (QED) is 0.428. The number of nitrogens with zero attached hydrogens (tertiary/aromatic N) is 5. The minimum Gasteiger partial charge on any atom is -0.342 e. The summed E-state index contributed by atoms with van der Waals surface area (Å²) >= 11 is 0. The van der Waals surface area contributed by atoms with Crippen molar-refractivity contribution in [2.45, 2.75) is 129 Å². The molecule has 44 heavy (non-hydrogen) atoms. The standard InChI is InChI=1S/C34H60N6O4/c1-24(2)28(37(7)33(44)29(34(3,4)5)35-30(41)25-15-9-12-18-36(25)6)23-39-21-13-16-26(39)32(43)40-22-14-17-27(40)31(42)38-19-10-8-11-20-38/h24-29H,8-23H2,1-7H3,(H,35,41)/t25?,26-,27-,28+,29+/m0/s1. The second-order valence-electron chi connectivity index (χ2n) is 15.3. The second-order valence-corrected chi connectivity index (χ2v) is 15.3. The molecule has 0 spiro atoms.